The number of alkyl carbamates (subject to hydrolysis) is 1. The van der Waals surface area contributed by atoms with Crippen LogP contribution < -0.4 is 20.1 Å². The third-order valence-corrected chi connectivity index (χ3v) is 11.0. The smallest absolute Gasteiger partial charge is 0.417 e. The Hall–Kier alpha value is -4.41. The Labute approximate surface area is 300 Å². The number of halogens is 3. The zero-order chi connectivity index (χ0) is 38.6. The van der Waals surface area contributed by atoms with E-state index in [-0.39, 0.29) is 36.0 Å². The first-order valence-corrected chi connectivity index (χ1v) is 18.4. The SMILES string of the molecule is C=CC1CC1(NC(=O)C1CC(Oc2nccc3c(C(F)(F)F)cccc23)CN1C(=O)C(NC(=O)OC(C)(C)C)C(C)(C)C)C(=O)NS(=O)(=O)C1CC1. The van der Waals surface area contributed by atoms with Gasteiger partial charge in [0.05, 0.1) is 17.4 Å². The molecule has 0 spiro atoms. The molecule has 5 rings (SSSR count). The van der Waals surface area contributed by atoms with Crippen LogP contribution >= 0.6 is 0 Å². The molecule has 3 N–H and O–H groups in total. The molecule has 1 aromatic carbocycles. The molecule has 1 aliphatic heterocycles. The molecule has 13 nitrogen and oxygen atoms in total. The van der Waals surface area contributed by atoms with Gasteiger partial charge in [0.2, 0.25) is 27.7 Å². The molecule has 0 radical (unpaired) electrons. The van der Waals surface area contributed by atoms with Crippen LogP contribution in [0.15, 0.2) is 43.1 Å². The van der Waals surface area contributed by atoms with Gasteiger partial charge < -0.3 is 25.0 Å². The van der Waals surface area contributed by atoms with Gasteiger partial charge in [0, 0.05) is 29.3 Å². The van der Waals surface area contributed by atoms with E-state index in [4.69, 9.17) is 9.47 Å². The minimum Gasteiger partial charge on any atom is -0.472 e. The molecule has 4 amide bonds. The lowest BCUT2D eigenvalue weighted by atomic mass is 9.85. The van der Waals surface area contributed by atoms with Gasteiger partial charge in [-0.1, -0.05) is 32.9 Å². The highest BCUT2D eigenvalue weighted by atomic mass is 32.2. The lowest BCUT2D eigenvalue weighted by Gasteiger charge is -2.36. The molecule has 1 saturated heterocycles. The van der Waals surface area contributed by atoms with Gasteiger partial charge in [-0.15, -0.1) is 6.58 Å². The lowest BCUT2D eigenvalue weighted by Crippen LogP contribution is -2.60. The summed E-state index contributed by atoms with van der Waals surface area (Å²) in [5.74, 6) is -3.20. The number of pyridine rings is 1. The van der Waals surface area contributed by atoms with E-state index in [1.165, 1.54) is 29.2 Å². The predicted molar refractivity (Wildman–Crippen MR) is 183 cm³/mol. The average Bonchev–Trinajstić information content (AvgIpc) is 3.94. The van der Waals surface area contributed by atoms with Crippen LogP contribution in [0.3, 0.4) is 0 Å². The molecule has 1 aromatic heterocycles. The number of nitrogens with zero attached hydrogens (tertiary/aromatic N) is 2. The van der Waals surface area contributed by atoms with Gasteiger partial charge in [0.1, 0.15) is 29.3 Å². The maximum Gasteiger partial charge on any atom is 0.417 e. The Kier molecular flexibility index (Phi) is 10.1. The first-order chi connectivity index (χ1) is 24.0. The number of carbonyl (C=O) groups excluding carboxylic acids is 4. The fourth-order valence-electron chi connectivity index (χ4n) is 6.31. The monoisotopic (exact) mass is 751 g/mol. The van der Waals surface area contributed by atoms with Crippen molar-refractivity contribution in [3.05, 3.63) is 48.7 Å². The van der Waals surface area contributed by atoms with E-state index in [0.29, 0.717) is 12.8 Å². The highest BCUT2D eigenvalue weighted by Crippen LogP contribution is 2.46. The van der Waals surface area contributed by atoms with Crippen molar-refractivity contribution < 1.29 is 50.2 Å². The normalized spacial score (nSPS) is 24.1. The van der Waals surface area contributed by atoms with Crippen LogP contribution in [0.5, 0.6) is 5.88 Å². The van der Waals surface area contributed by atoms with Gasteiger partial charge in [-0.05, 0) is 63.6 Å². The summed E-state index contributed by atoms with van der Waals surface area (Å²) in [6, 6.07) is 2.22. The van der Waals surface area contributed by atoms with Crippen molar-refractivity contribution >= 4 is 44.6 Å². The van der Waals surface area contributed by atoms with Gasteiger partial charge in [-0.2, -0.15) is 13.2 Å². The Balaban J connectivity index is 1.47. The van der Waals surface area contributed by atoms with E-state index >= 15 is 0 Å². The first-order valence-electron chi connectivity index (χ1n) is 16.9. The fraction of sp³-hybridized carbons (Fsp3) is 0.571. The van der Waals surface area contributed by atoms with Gasteiger partial charge in [0.15, 0.2) is 0 Å². The zero-order valence-corrected chi connectivity index (χ0v) is 30.6. The van der Waals surface area contributed by atoms with Gasteiger partial charge in [0.25, 0.3) is 5.91 Å². The quantitative estimate of drug-likeness (QED) is 0.301. The van der Waals surface area contributed by atoms with Crippen LogP contribution in [0.2, 0.25) is 0 Å². The number of ether oxygens (including phenoxy) is 2. The first kappa shape index (κ1) is 38.8. The molecule has 2 heterocycles. The van der Waals surface area contributed by atoms with Crippen LogP contribution in [0.4, 0.5) is 18.0 Å². The van der Waals surface area contributed by atoms with Crippen molar-refractivity contribution in [3.63, 3.8) is 0 Å². The molecule has 17 heteroatoms. The molecule has 52 heavy (non-hydrogen) atoms. The number of rotatable bonds is 10. The van der Waals surface area contributed by atoms with Crippen LogP contribution in [0.25, 0.3) is 10.8 Å². The number of carbonyl (C=O) groups is 4. The number of sulfonamides is 1. The number of hydrogen-bond acceptors (Lipinski definition) is 9. The zero-order valence-electron chi connectivity index (χ0n) is 29.8. The second-order valence-electron chi connectivity index (χ2n) is 15.6. The third kappa shape index (κ3) is 8.29. The molecule has 2 aliphatic carbocycles. The summed E-state index contributed by atoms with van der Waals surface area (Å²) in [6.07, 6.45) is -3.25. The number of alkyl halides is 3. The number of hydrogen-bond donors (Lipinski definition) is 3. The Bertz CT molecular complexity index is 1890. The molecule has 5 atom stereocenters. The van der Waals surface area contributed by atoms with E-state index < -0.39 is 91.5 Å². The average molecular weight is 752 g/mol. The largest absolute Gasteiger partial charge is 0.472 e. The number of aromatic nitrogens is 1. The van der Waals surface area contributed by atoms with E-state index in [9.17, 15) is 40.8 Å². The highest BCUT2D eigenvalue weighted by Gasteiger charge is 2.62. The number of nitrogens with one attached hydrogen (secondary N) is 3. The summed E-state index contributed by atoms with van der Waals surface area (Å²) in [5, 5.41) is 4.48. The maximum atomic E-state index is 14.4. The Morgan fingerprint density at radius 1 is 1.06 bits per heavy atom. The van der Waals surface area contributed by atoms with E-state index in [0.717, 1.165) is 12.3 Å². The van der Waals surface area contributed by atoms with Crippen LogP contribution in [-0.2, 0) is 35.3 Å². The molecular weight excluding hydrogens is 707 g/mol. The van der Waals surface area contributed by atoms with Gasteiger partial charge in [-0.25, -0.2) is 18.2 Å². The van der Waals surface area contributed by atoms with E-state index in [2.05, 4.69) is 26.9 Å². The standard InChI is InChI=1S/C35H44F3N5O8S/c1-8-19-17-34(19,30(46)42-52(48,49)21-12-13-21)41-27(44)25-16-20(50-28-23-10-9-11-24(35(36,37)38)22(23)14-15-39-28)18-43(25)29(45)26(32(2,3)4)40-31(47)51-33(5,6)7/h8-11,14-15,19-21,25-26H,1,12-13,16-18H2,2-7H3,(H,40,47)(H,41,44)(H,42,46). The van der Waals surface area contributed by atoms with Gasteiger partial charge in [-0.3, -0.25) is 19.1 Å². The fourth-order valence-corrected chi connectivity index (χ4v) is 7.68. The topological polar surface area (TPSA) is 173 Å². The Morgan fingerprint density at radius 2 is 1.73 bits per heavy atom. The number of likely N-dealkylation sites (tertiary alicyclic amines) is 1. The van der Waals surface area contributed by atoms with E-state index in [1.54, 1.807) is 41.5 Å². The molecule has 2 aromatic rings. The van der Waals surface area contributed by atoms with Crippen molar-refractivity contribution in [2.45, 2.75) is 108 Å². The summed E-state index contributed by atoms with van der Waals surface area (Å²) < 4.78 is 80.3. The number of benzene rings is 1. The van der Waals surface area contributed by atoms with Crippen LogP contribution in [0, 0.1) is 11.3 Å². The summed E-state index contributed by atoms with van der Waals surface area (Å²) in [7, 11) is -3.97. The summed E-state index contributed by atoms with van der Waals surface area (Å²) in [4.78, 5) is 60.2. The van der Waals surface area contributed by atoms with Crippen molar-refractivity contribution in [1.82, 2.24) is 25.2 Å². The van der Waals surface area contributed by atoms with Crippen molar-refractivity contribution in [2.75, 3.05) is 6.54 Å². The second-order valence-corrected chi connectivity index (χ2v) is 17.6. The minimum absolute atomic E-state index is 0.0567. The van der Waals surface area contributed by atoms with Crippen LogP contribution in [-0.4, -0.2) is 83.2 Å². The second kappa shape index (κ2) is 13.5. The molecule has 3 aliphatic rings. The van der Waals surface area contributed by atoms with Crippen LogP contribution in [0.1, 0.15) is 72.8 Å². The summed E-state index contributed by atoms with van der Waals surface area (Å²) >= 11 is 0. The molecule has 0 bridgehead atoms. The van der Waals surface area contributed by atoms with Crippen molar-refractivity contribution in [3.8, 4) is 5.88 Å². The van der Waals surface area contributed by atoms with E-state index in [1.807, 2.05) is 0 Å². The molecule has 284 valence electrons. The lowest BCUT2D eigenvalue weighted by molar-refractivity contribution is -0.143. The number of amides is 4. The predicted octanol–water partition coefficient (Wildman–Crippen LogP) is 4.21. The highest BCUT2D eigenvalue weighted by molar-refractivity contribution is 7.91. The minimum atomic E-state index is -4.66. The third-order valence-electron chi connectivity index (χ3n) is 9.22. The number of fused-ring (bicyclic) bond motifs is 1. The summed E-state index contributed by atoms with van der Waals surface area (Å²) in [5.41, 5.74) is -4.36. The van der Waals surface area contributed by atoms with Crippen molar-refractivity contribution in [2.24, 2.45) is 11.3 Å². The molecule has 3 fully saturated rings. The summed E-state index contributed by atoms with van der Waals surface area (Å²) in [6.45, 7) is 13.5. The van der Waals surface area contributed by atoms with Crippen molar-refractivity contribution in [1.29, 1.82) is 0 Å². The Morgan fingerprint density at radius 3 is 2.29 bits per heavy atom. The molecule has 5 unspecified atom stereocenters. The molecular formula is C35H44F3N5O8S. The maximum absolute atomic E-state index is 14.4. The van der Waals surface area contributed by atoms with Gasteiger partial charge >= 0.3 is 12.3 Å². The molecule has 2 saturated carbocycles.